The van der Waals surface area contributed by atoms with Gasteiger partial charge in [0.2, 0.25) is 0 Å². The third kappa shape index (κ3) is 4.20. The van der Waals surface area contributed by atoms with Crippen LogP contribution in [0.2, 0.25) is 0 Å². The molecule has 2 heterocycles. The van der Waals surface area contributed by atoms with Gasteiger partial charge < -0.3 is 9.15 Å². The van der Waals surface area contributed by atoms with Crippen LogP contribution in [0.25, 0.3) is 22.2 Å². The summed E-state index contributed by atoms with van der Waals surface area (Å²) in [5.74, 6) is 1.84. The summed E-state index contributed by atoms with van der Waals surface area (Å²) in [6.45, 7) is 8.36. The number of methoxy groups -OCH3 is 1. The van der Waals surface area contributed by atoms with Crippen LogP contribution in [-0.4, -0.2) is 17.1 Å². The van der Waals surface area contributed by atoms with E-state index in [0.717, 1.165) is 35.0 Å². The molecule has 3 aromatic rings. The SMILES string of the molecule is CC.COc1cc2nc(CCC(C)C)cc(C#N)c2cc1-c1cnco1. The maximum Gasteiger partial charge on any atom is 0.181 e. The standard InChI is InChI=1S/C19H19N3O2.C2H6/c1-12(2)4-5-14-6-13(9-20)15-7-16(19-10-21-11-24-19)18(23-3)8-17(15)22-14;1-2/h6-8,10-12H,4-5H2,1-3H3;1-2H3. The van der Waals surface area contributed by atoms with E-state index in [4.69, 9.17) is 14.1 Å². The molecule has 5 nitrogen and oxygen atoms in total. The molecular formula is C21H25N3O2. The Kier molecular flexibility index (Phi) is 6.74. The highest BCUT2D eigenvalue weighted by molar-refractivity contribution is 5.91. The zero-order valence-corrected chi connectivity index (χ0v) is 16.0. The number of nitriles is 1. The minimum absolute atomic E-state index is 0.594. The number of benzene rings is 1. The molecule has 0 atom stereocenters. The topological polar surface area (TPSA) is 71.9 Å². The fourth-order valence-corrected chi connectivity index (χ4v) is 2.68. The van der Waals surface area contributed by atoms with Crippen LogP contribution in [-0.2, 0) is 6.42 Å². The zero-order valence-electron chi connectivity index (χ0n) is 16.0. The minimum Gasteiger partial charge on any atom is -0.496 e. The third-order valence-electron chi connectivity index (χ3n) is 3.98. The number of aryl methyl sites for hydroxylation is 1. The quantitative estimate of drug-likeness (QED) is 0.616. The third-order valence-corrected chi connectivity index (χ3v) is 3.98. The number of rotatable bonds is 5. The monoisotopic (exact) mass is 351 g/mol. The Morgan fingerprint density at radius 3 is 2.58 bits per heavy atom. The van der Waals surface area contributed by atoms with Crippen molar-refractivity contribution in [3.05, 3.63) is 42.0 Å². The lowest BCUT2D eigenvalue weighted by Crippen LogP contribution is -1.98. The average molecular weight is 351 g/mol. The van der Waals surface area contributed by atoms with E-state index in [0.29, 0.717) is 23.0 Å². The molecule has 0 saturated carbocycles. The van der Waals surface area contributed by atoms with Crippen molar-refractivity contribution in [2.75, 3.05) is 7.11 Å². The van der Waals surface area contributed by atoms with Gasteiger partial charge in [0, 0.05) is 17.1 Å². The molecule has 5 heteroatoms. The van der Waals surface area contributed by atoms with Crippen molar-refractivity contribution in [2.45, 2.75) is 40.5 Å². The number of nitrogens with zero attached hydrogens (tertiary/aromatic N) is 3. The van der Waals surface area contributed by atoms with E-state index in [-0.39, 0.29) is 0 Å². The second-order valence-electron chi connectivity index (χ2n) is 6.14. The molecule has 0 unspecified atom stereocenters. The Balaban J connectivity index is 0.00000117. The molecule has 0 N–H and O–H groups in total. The van der Waals surface area contributed by atoms with Crippen LogP contribution in [0.1, 0.15) is 45.4 Å². The lowest BCUT2D eigenvalue weighted by molar-refractivity contribution is 0.415. The van der Waals surface area contributed by atoms with Crippen LogP contribution >= 0.6 is 0 Å². The van der Waals surface area contributed by atoms with Crippen LogP contribution in [0.5, 0.6) is 5.75 Å². The Bertz CT molecular complexity index is 894. The number of aromatic nitrogens is 2. The van der Waals surface area contributed by atoms with Crippen LogP contribution in [0.4, 0.5) is 0 Å². The van der Waals surface area contributed by atoms with Crippen molar-refractivity contribution in [1.29, 1.82) is 5.26 Å². The molecule has 0 saturated heterocycles. The average Bonchev–Trinajstić information content (AvgIpc) is 3.20. The molecule has 0 amide bonds. The molecule has 0 aliphatic carbocycles. The van der Waals surface area contributed by atoms with Gasteiger partial charge in [0.05, 0.1) is 36.0 Å². The molecule has 0 bridgehead atoms. The molecule has 1 aromatic carbocycles. The number of hydrogen-bond acceptors (Lipinski definition) is 5. The van der Waals surface area contributed by atoms with Gasteiger partial charge in [-0.05, 0) is 30.9 Å². The van der Waals surface area contributed by atoms with E-state index in [2.05, 4.69) is 24.9 Å². The molecule has 0 spiro atoms. The maximum absolute atomic E-state index is 9.54. The van der Waals surface area contributed by atoms with E-state index in [9.17, 15) is 5.26 Å². The molecule has 0 aliphatic rings. The summed E-state index contributed by atoms with van der Waals surface area (Å²) in [6.07, 6.45) is 4.89. The molecule has 136 valence electrons. The molecular weight excluding hydrogens is 326 g/mol. The number of hydrogen-bond donors (Lipinski definition) is 0. The van der Waals surface area contributed by atoms with Crippen molar-refractivity contribution < 1.29 is 9.15 Å². The molecule has 0 aliphatic heterocycles. The number of ether oxygens (including phenoxy) is 1. The maximum atomic E-state index is 9.54. The lowest BCUT2D eigenvalue weighted by atomic mass is 10.0. The van der Waals surface area contributed by atoms with Crippen molar-refractivity contribution in [3.63, 3.8) is 0 Å². The molecule has 3 rings (SSSR count). The molecule has 0 fully saturated rings. The highest BCUT2D eigenvalue weighted by atomic mass is 16.5. The zero-order chi connectivity index (χ0) is 19.1. The van der Waals surface area contributed by atoms with Crippen molar-refractivity contribution in [2.24, 2.45) is 5.92 Å². The first-order valence-corrected chi connectivity index (χ1v) is 8.93. The van der Waals surface area contributed by atoms with E-state index >= 15 is 0 Å². The smallest absolute Gasteiger partial charge is 0.181 e. The molecule has 2 aromatic heterocycles. The number of fused-ring (bicyclic) bond motifs is 1. The van der Waals surface area contributed by atoms with Gasteiger partial charge in [-0.3, -0.25) is 4.98 Å². The van der Waals surface area contributed by atoms with Crippen LogP contribution in [0.15, 0.2) is 35.2 Å². The second kappa shape index (κ2) is 9.00. The summed E-state index contributed by atoms with van der Waals surface area (Å²) in [5.41, 5.74) is 3.06. The molecule has 0 radical (unpaired) electrons. The largest absolute Gasteiger partial charge is 0.496 e. The van der Waals surface area contributed by atoms with E-state index in [1.54, 1.807) is 13.3 Å². The Hall–Kier alpha value is -2.87. The summed E-state index contributed by atoms with van der Waals surface area (Å²) in [6, 6.07) is 7.89. The van der Waals surface area contributed by atoms with Crippen molar-refractivity contribution in [1.82, 2.24) is 9.97 Å². The summed E-state index contributed by atoms with van der Waals surface area (Å²) < 4.78 is 10.9. The van der Waals surface area contributed by atoms with Gasteiger partial charge in [-0.25, -0.2) is 4.98 Å². The highest BCUT2D eigenvalue weighted by Gasteiger charge is 2.15. The summed E-state index contributed by atoms with van der Waals surface area (Å²) in [7, 11) is 1.61. The predicted molar refractivity (Wildman–Crippen MR) is 103 cm³/mol. The fraction of sp³-hybridized carbons (Fsp3) is 0.381. The van der Waals surface area contributed by atoms with Crippen LogP contribution in [0, 0.1) is 17.2 Å². The second-order valence-corrected chi connectivity index (χ2v) is 6.14. The first kappa shape index (κ1) is 19.5. The van der Waals surface area contributed by atoms with E-state index < -0.39 is 0 Å². The lowest BCUT2D eigenvalue weighted by Gasteiger charge is -2.11. The van der Waals surface area contributed by atoms with Crippen LogP contribution < -0.4 is 4.74 Å². The normalized spacial score (nSPS) is 10.3. The Morgan fingerprint density at radius 1 is 1.23 bits per heavy atom. The first-order valence-electron chi connectivity index (χ1n) is 8.93. The summed E-state index contributed by atoms with van der Waals surface area (Å²) in [5, 5.41) is 10.3. The van der Waals surface area contributed by atoms with Gasteiger partial charge in [-0.1, -0.05) is 27.7 Å². The fourth-order valence-electron chi connectivity index (χ4n) is 2.68. The number of pyridine rings is 1. The number of oxazole rings is 1. The van der Waals surface area contributed by atoms with Crippen molar-refractivity contribution >= 4 is 10.9 Å². The van der Waals surface area contributed by atoms with E-state index in [1.165, 1.54) is 6.39 Å². The summed E-state index contributed by atoms with van der Waals surface area (Å²) >= 11 is 0. The van der Waals surface area contributed by atoms with Crippen LogP contribution in [0.3, 0.4) is 0 Å². The van der Waals surface area contributed by atoms with Gasteiger partial charge in [-0.15, -0.1) is 0 Å². The van der Waals surface area contributed by atoms with Gasteiger partial charge in [-0.2, -0.15) is 5.26 Å². The Labute approximate surface area is 154 Å². The van der Waals surface area contributed by atoms with Gasteiger partial charge >= 0.3 is 0 Å². The van der Waals surface area contributed by atoms with Gasteiger partial charge in [0.15, 0.2) is 12.2 Å². The van der Waals surface area contributed by atoms with Gasteiger partial charge in [0.1, 0.15) is 5.75 Å². The van der Waals surface area contributed by atoms with Gasteiger partial charge in [0.25, 0.3) is 0 Å². The Morgan fingerprint density at radius 2 is 2.00 bits per heavy atom. The van der Waals surface area contributed by atoms with Crippen molar-refractivity contribution in [3.8, 4) is 23.1 Å². The predicted octanol–water partition coefficient (Wildman–Crippen LogP) is 5.38. The van der Waals surface area contributed by atoms with E-state index in [1.807, 2.05) is 32.0 Å². The summed E-state index contributed by atoms with van der Waals surface area (Å²) in [4.78, 5) is 8.66. The first-order chi connectivity index (χ1) is 12.6. The minimum atomic E-state index is 0.594. The molecule has 26 heavy (non-hydrogen) atoms. The highest BCUT2D eigenvalue weighted by Crippen LogP contribution is 2.34.